The molecule has 0 aliphatic carbocycles. The number of sulfonamides is 1. The lowest BCUT2D eigenvalue weighted by Gasteiger charge is -2.22. The van der Waals surface area contributed by atoms with Gasteiger partial charge in [0.2, 0.25) is 0 Å². The summed E-state index contributed by atoms with van der Waals surface area (Å²) in [5, 5.41) is 0. The number of likely N-dealkylation sites (N-methyl/N-ethyl adjacent to an activating group) is 1. The fourth-order valence-electron chi connectivity index (χ4n) is 3.38. The number of hydrogen-bond acceptors (Lipinski definition) is 4. The van der Waals surface area contributed by atoms with Crippen LogP contribution in [0.4, 0.5) is 5.69 Å². The summed E-state index contributed by atoms with van der Waals surface area (Å²) in [6.07, 6.45) is 0.901. The minimum absolute atomic E-state index is 0.144. The molecular weight excluding hydrogens is 374 g/mol. The second kappa shape index (κ2) is 8.32. The minimum atomic E-state index is -3.80. The van der Waals surface area contributed by atoms with Crippen LogP contribution in [0.15, 0.2) is 47.4 Å². The van der Waals surface area contributed by atoms with Gasteiger partial charge in [-0.15, -0.1) is 0 Å². The molecule has 0 spiro atoms. The van der Waals surface area contributed by atoms with Crippen molar-refractivity contribution in [2.45, 2.75) is 25.2 Å². The molecular formula is C21H27N3O3S. The van der Waals surface area contributed by atoms with Gasteiger partial charge in [-0.25, -0.2) is 8.42 Å². The first-order valence-corrected chi connectivity index (χ1v) is 10.9. The van der Waals surface area contributed by atoms with E-state index in [9.17, 15) is 13.2 Å². The number of anilines is 1. The normalized spacial score (nSPS) is 15.9. The second-order valence-corrected chi connectivity index (χ2v) is 9.02. The molecule has 7 heteroatoms. The predicted molar refractivity (Wildman–Crippen MR) is 111 cm³/mol. The molecule has 0 saturated carbocycles. The van der Waals surface area contributed by atoms with Gasteiger partial charge in [-0.1, -0.05) is 24.3 Å². The maximum Gasteiger partial charge on any atom is 0.262 e. The van der Waals surface area contributed by atoms with Gasteiger partial charge in [0.25, 0.3) is 15.9 Å². The van der Waals surface area contributed by atoms with E-state index >= 15 is 0 Å². The summed E-state index contributed by atoms with van der Waals surface area (Å²) in [6, 6.07) is 12.1. The Labute approximate surface area is 167 Å². The molecule has 0 unspecified atom stereocenters. The number of nitrogens with one attached hydrogen (secondary N) is 1. The number of aryl methyl sites for hydroxylation is 2. The minimum Gasteiger partial charge on any atom is -0.337 e. The summed E-state index contributed by atoms with van der Waals surface area (Å²) in [4.78, 5) is 17.3. The molecule has 150 valence electrons. The number of hydrogen-bond donors (Lipinski definition) is 1. The van der Waals surface area contributed by atoms with Crippen LogP contribution in [-0.2, 0) is 10.0 Å². The maximum absolute atomic E-state index is 13.1. The number of para-hydroxylation sites is 1. The number of rotatable bonds is 4. The van der Waals surface area contributed by atoms with Gasteiger partial charge in [0.1, 0.15) is 0 Å². The highest BCUT2D eigenvalue weighted by Gasteiger charge is 2.24. The van der Waals surface area contributed by atoms with Crippen molar-refractivity contribution in [3.8, 4) is 0 Å². The van der Waals surface area contributed by atoms with Crippen molar-refractivity contribution in [3.05, 3.63) is 59.2 Å². The maximum atomic E-state index is 13.1. The standard InChI is InChI=1S/C21H27N3O3S/c1-16-9-10-17(2)20(15-16)28(26,27)22-19-8-5-4-7-18(19)21(25)24-12-6-11-23(3)13-14-24/h4-5,7-10,15,22H,6,11-14H2,1-3H3. The second-order valence-electron chi connectivity index (χ2n) is 7.37. The van der Waals surface area contributed by atoms with Crippen molar-refractivity contribution < 1.29 is 13.2 Å². The fraction of sp³-hybridized carbons (Fsp3) is 0.381. The van der Waals surface area contributed by atoms with Crippen LogP contribution in [0.1, 0.15) is 27.9 Å². The van der Waals surface area contributed by atoms with Crippen LogP contribution >= 0.6 is 0 Å². The number of benzene rings is 2. The van der Waals surface area contributed by atoms with Crippen LogP contribution < -0.4 is 4.72 Å². The van der Waals surface area contributed by atoms with Crippen LogP contribution in [0.2, 0.25) is 0 Å². The van der Waals surface area contributed by atoms with Gasteiger partial charge in [0.05, 0.1) is 16.1 Å². The van der Waals surface area contributed by atoms with E-state index in [0.717, 1.165) is 25.1 Å². The monoisotopic (exact) mass is 401 g/mol. The largest absolute Gasteiger partial charge is 0.337 e. The highest BCUT2D eigenvalue weighted by atomic mass is 32.2. The molecule has 0 atom stereocenters. The number of amides is 1. The molecule has 0 aromatic heterocycles. The van der Waals surface area contributed by atoms with Crippen molar-refractivity contribution in [3.63, 3.8) is 0 Å². The third-order valence-electron chi connectivity index (χ3n) is 5.04. The fourth-order valence-corrected chi connectivity index (χ4v) is 4.79. The van der Waals surface area contributed by atoms with E-state index in [0.29, 0.717) is 29.9 Å². The first kappa shape index (κ1) is 20.4. The zero-order chi connectivity index (χ0) is 20.3. The Bertz CT molecular complexity index is 973. The Kier molecular flexibility index (Phi) is 6.05. The summed E-state index contributed by atoms with van der Waals surface area (Å²) in [7, 11) is -1.76. The highest BCUT2D eigenvalue weighted by Crippen LogP contribution is 2.24. The van der Waals surface area contributed by atoms with Crippen LogP contribution in [0, 0.1) is 13.8 Å². The third-order valence-corrected chi connectivity index (χ3v) is 6.55. The van der Waals surface area contributed by atoms with Crippen LogP contribution in [0.25, 0.3) is 0 Å². The molecule has 1 N–H and O–H groups in total. The molecule has 1 aliphatic rings. The van der Waals surface area contributed by atoms with Gasteiger partial charge in [0, 0.05) is 19.6 Å². The topological polar surface area (TPSA) is 69.7 Å². The Morgan fingerprint density at radius 3 is 2.54 bits per heavy atom. The van der Waals surface area contributed by atoms with E-state index in [1.54, 1.807) is 48.2 Å². The molecule has 0 bridgehead atoms. The molecule has 1 heterocycles. The van der Waals surface area contributed by atoms with E-state index in [2.05, 4.69) is 9.62 Å². The predicted octanol–water partition coefficient (Wildman–Crippen LogP) is 2.88. The lowest BCUT2D eigenvalue weighted by Crippen LogP contribution is -2.35. The molecule has 28 heavy (non-hydrogen) atoms. The third kappa shape index (κ3) is 4.54. The van der Waals surface area contributed by atoms with Gasteiger partial charge in [0.15, 0.2) is 0 Å². The van der Waals surface area contributed by atoms with Crippen LogP contribution in [-0.4, -0.2) is 57.4 Å². The van der Waals surface area contributed by atoms with E-state index < -0.39 is 10.0 Å². The number of nitrogens with zero attached hydrogens (tertiary/aromatic N) is 2. The zero-order valence-corrected chi connectivity index (χ0v) is 17.4. The Morgan fingerprint density at radius 1 is 1.00 bits per heavy atom. The first-order chi connectivity index (χ1) is 13.3. The first-order valence-electron chi connectivity index (χ1n) is 9.45. The van der Waals surface area contributed by atoms with Crippen molar-refractivity contribution >= 4 is 21.6 Å². The Hall–Kier alpha value is -2.38. The van der Waals surface area contributed by atoms with Crippen LogP contribution in [0.5, 0.6) is 0 Å². The summed E-state index contributed by atoms with van der Waals surface area (Å²) in [5.41, 5.74) is 2.22. The van der Waals surface area contributed by atoms with Gasteiger partial charge < -0.3 is 9.80 Å². The van der Waals surface area contributed by atoms with Crippen molar-refractivity contribution in [1.82, 2.24) is 9.80 Å². The molecule has 1 aliphatic heterocycles. The van der Waals surface area contributed by atoms with Crippen LogP contribution in [0.3, 0.4) is 0 Å². The van der Waals surface area contributed by atoms with Crippen molar-refractivity contribution in [1.29, 1.82) is 0 Å². The van der Waals surface area contributed by atoms with Crippen molar-refractivity contribution in [2.24, 2.45) is 0 Å². The molecule has 2 aromatic rings. The summed E-state index contributed by atoms with van der Waals surface area (Å²) in [6.45, 7) is 6.67. The highest BCUT2D eigenvalue weighted by molar-refractivity contribution is 7.92. The zero-order valence-electron chi connectivity index (χ0n) is 16.6. The summed E-state index contributed by atoms with van der Waals surface area (Å²) >= 11 is 0. The lowest BCUT2D eigenvalue weighted by atomic mass is 10.1. The smallest absolute Gasteiger partial charge is 0.262 e. The van der Waals surface area contributed by atoms with Gasteiger partial charge in [-0.2, -0.15) is 0 Å². The molecule has 2 aromatic carbocycles. The average molecular weight is 402 g/mol. The summed E-state index contributed by atoms with van der Waals surface area (Å²) < 4.78 is 28.6. The van der Waals surface area contributed by atoms with Gasteiger partial charge >= 0.3 is 0 Å². The van der Waals surface area contributed by atoms with Crippen molar-refractivity contribution in [2.75, 3.05) is 37.9 Å². The Morgan fingerprint density at radius 2 is 1.75 bits per heavy atom. The lowest BCUT2D eigenvalue weighted by molar-refractivity contribution is 0.0764. The van der Waals surface area contributed by atoms with Gasteiger partial charge in [-0.05, 0) is 63.2 Å². The molecule has 3 rings (SSSR count). The molecule has 1 saturated heterocycles. The van der Waals surface area contributed by atoms with E-state index in [1.165, 1.54) is 0 Å². The average Bonchev–Trinajstić information content (AvgIpc) is 2.88. The van der Waals surface area contributed by atoms with Gasteiger partial charge in [-0.3, -0.25) is 9.52 Å². The number of carbonyl (C=O) groups excluding carboxylic acids is 1. The van der Waals surface area contributed by atoms with E-state index in [1.807, 2.05) is 20.0 Å². The summed E-state index contributed by atoms with van der Waals surface area (Å²) in [5.74, 6) is -0.144. The van der Waals surface area contributed by atoms with E-state index in [4.69, 9.17) is 0 Å². The number of carbonyl (C=O) groups is 1. The molecule has 1 fully saturated rings. The molecule has 6 nitrogen and oxygen atoms in total. The molecule has 0 radical (unpaired) electrons. The molecule has 1 amide bonds. The quantitative estimate of drug-likeness (QED) is 0.855. The SMILES string of the molecule is Cc1ccc(C)c(S(=O)(=O)Nc2ccccc2C(=O)N2CCCN(C)CC2)c1. The Balaban J connectivity index is 1.90. The van der Waals surface area contributed by atoms with E-state index in [-0.39, 0.29) is 10.8 Å².